The molecule has 5 rings (SSSR count). The first kappa shape index (κ1) is 13.7. The summed E-state index contributed by atoms with van der Waals surface area (Å²) < 4.78 is 2.17. The molecule has 0 aliphatic heterocycles. The lowest BCUT2D eigenvalue weighted by Crippen LogP contribution is -2.49. The number of aromatic nitrogens is 2. The second-order valence-corrected chi connectivity index (χ2v) is 8.08. The standard InChI is InChI=1S/C18H29N3/c1-3-15(4-2)21-11-16(19)17(20-21)18-8-12-5-13(9-18)7-14(6-12)10-18/h11-15H,3-10,19H2,1-2H3. The van der Waals surface area contributed by atoms with Crippen LogP contribution in [0.25, 0.3) is 0 Å². The van der Waals surface area contributed by atoms with E-state index in [1.165, 1.54) is 44.2 Å². The Morgan fingerprint density at radius 3 is 2.14 bits per heavy atom. The number of nitrogens with zero attached hydrogens (tertiary/aromatic N) is 2. The summed E-state index contributed by atoms with van der Waals surface area (Å²) in [6, 6.07) is 0.509. The molecule has 4 fully saturated rings. The van der Waals surface area contributed by atoms with Gasteiger partial charge in [-0.2, -0.15) is 5.10 Å². The van der Waals surface area contributed by atoms with Crippen LogP contribution in [-0.4, -0.2) is 9.78 Å². The lowest BCUT2D eigenvalue weighted by molar-refractivity contribution is -0.00722. The van der Waals surface area contributed by atoms with E-state index >= 15 is 0 Å². The van der Waals surface area contributed by atoms with Crippen LogP contribution in [0.1, 0.15) is 76.9 Å². The maximum absolute atomic E-state index is 6.43. The van der Waals surface area contributed by atoms with E-state index in [4.69, 9.17) is 10.8 Å². The van der Waals surface area contributed by atoms with Crippen molar-refractivity contribution in [1.29, 1.82) is 0 Å². The average molecular weight is 287 g/mol. The minimum atomic E-state index is 0.329. The molecule has 21 heavy (non-hydrogen) atoms. The van der Waals surface area contributed by atoms with Gasteiger partial charge in [-0.3, -0.25) is 4.68 Å². The Morgan fingerprint density at radius 1 is 1.14 bits per heavy atom. The number of rotatable bonds is 4. The second kappa shape index (κ2) is 4.76. The molecule has 1 aromatic heterocycles. The van der Waals surface area contributed by atoms with Crippen molar-refractivity contribution in [1.82, 2.24) is 9.78 Å². The minimum absolute atomic E-state index is 0.329. The molecule has 0 radical (unpaired) electrons. The molecule has 0 aromatic carbocycles. The lowest BCUT2D eigenvalue weighted by Gasteiger charge is -2.56. The van der Waals surface area contributed by atoms with Crippen molar-refractivity contribution >= 4 is 5.69 Å². The highest BCUT2D eigenvalue weighted by Crippen LogP contribution is 2.61. The zero-order chi connectivity index (χ0) is 14.6. The van der Waals surface area contributed by atoms with Gasteiger partial charge >= 0.3 is 0 Å². The fourth-order valence-electron chi connectivity index (χ4n) is 6.07. The largest absolute Gasteiger partial charge is 0.396 e. The summed E-state index contributed by atoms with van der Waals surface area (Å²) in [5.74, 6) is 2.86. The fourth-order valence-corrected chi connectivity index (χ4v) is 6.07. The Balaban J connectivity index is 1.70. The zero-order valence-electron chi connectivity index (χ0n) is 13.5. The van der Waals surface area contributed by atoms with Gasteiger partial charge in [0.25, 0.3) is 0 Å². The van der Waals surface area contributed by atoms with E-state index in [1.807, 2.05) is 0 Å². The number of hydrogen-bond donors (Lipinski definition) is 1. The van der Waals surface area contributed by atoms with Gasteiger partial charge < -0.3 is 5.73 Å². The van der Waals surface area contributed by atoms with E-state index < -0.39 is 0 Å². The van der Waals surface area contributed by atoms with Crippen LogP contribution in [0.15, 0.2) is 6.20 Å². The van der Waals surface area contributed by atoms with Gasteiger partial charge in [-0.15, -0.1) is 0 Å². The van der Waals surface area contributed by atoms with Gasteiger partial charge in [0.15, 0.2) is 0 Å². The predicted molar refractivity (Wildman–Crippen MR) is 86.1 cm³/mol. The minimum Gasteiger partial charge on any atom is -0.396 e. The predicted octanol–water partition coefficient (Wildman–Crippen LogP) is 4.29. The molecule has 3 heteroatoms. The van der Waals surface area contributed by atoms with Crippen molar-refractivity contribution in [3.8, 4) is 0 Å². The first-order chi connectivity index (χ1) is 10.1. The maximum atomic E-state index is 6.43. The van der Waals surface area contributed by atoms with Crippen LogP contribution in [0, 0.1) is 17.8 Å². The Morgan fingerprint density at radius 2 is 1.67 bits per heavy atom. The van der Waals surface area contributed by atoms with Crippen molar-refractivity contribution in [2.75, 3.05) is 5.73 Å². The molecule has 0 atom stereocenters. The molecule has 4 aliphatic rings. The van der Waals surface area contributed by atoms with Gasteiger partial charge in [-0.1, -0.05) is 13.8 Å². The van der Waals surface area contributed by atoms with Crippen LogP contribution in [0.5, 0.6) is 0 Å². The van der Waals surface area contributed by atoms with Gasteiger partial charge in [0, 0.05) is 11.6 Å². The molecule has 0 saturated heterocycles. The maximum Gasteiger partial charge on any atom is 0.0915 e. The molecule has 116 valence electrons. The normalized spacial score (nSPS) is 37.6. The first-order valence-electron chi connectivity index (χ1n) is 8.98. The van der Waals surface area contributed by atoms with Crippen LogP contribution in [0.2, 0.25) is 0 Å². The van der Waals surface area contributed by atoms with Crippen molar-refractivity contribution < 1.29 is 0 Å². The number of nitrogen functional groups attached to an aromatic ring is 1. The Kier molecular flexibility index (Phi) is 3.09. The fraction of sp³-hybridized carbons (Fsp3) is 0.833. The smallest absolute Gasteiger partial charge is 0.0915 e. The van der Waals surface area contributed by atoms with Crippen molar-refractivity contribution in [2.24, 2.45) is 17.8 Å². The molecule has 3 nitrogen and oxygen atoms in total. The summed E-state index contributed by atoms with van der Waals surface area (Å²) >= 11 is 0. The average Bonchev–Trinajstić information content (AvgIpc) is 2.81. The highest BCUT2D eigenvalue weighted by Gasteiger charge is 2.53. The lowest BCUT2D eigenvalue weighted by atomic mass is 9.48. The topological polar surface area (TPSA) is 43.8 Å². The Labute approximate surface area is 128 Å². The molecule has 4 bridgehead atoms. The van der Waals surface area contributed by atoms with Crippen molar-refractivity contribution in [2.45, 2.75) is 76.7 Å². The summed E-state index contributed by atoms with van der Waals surface area (Å²) in [5.41, 5.74) is 8.98. The van der Waals surface area contributed by atoms with Gasteiger partial charge in [-0.05, 0) is 69.1 Å². The van der Waals surface area contributed by atoms with E-state index in [0.717, 1.165) is 36.3 Å². The Hall–Kier alpha value is -0.990. The monoisotopic (exact) mass is 287 g/mol. The van der Waals surface area contributed by atoms with Crippen molar-refractivity contribution in [3.63, 3.8) is 0 Å². The summed E-state index contributed by atoms with van der Waals surface area (Å²) in [5, 5.41) is 5.03. The first-order valence-corrected chi connectivity index (χ1v) is 8.98. The third kappa shape index (κ3) is 2.03. The number of hydrogen-bond acceptors (Lipinski definition) is 2. The molecule has 4 aliphatic carbocycles. The van der Waals surface area contributed by atoms with Gasteiger partial charge in [0.1, 0.15) is 0 Å². The van der Waals surface area contributed by atoms with Gasteiger partial charge in [0.05, 0.1) is 17.4 Å². The van der Waals surface area contributed by atoms with Crippen molar-refractivity contribution in [3.05, 3.63) is 11.9 Å². The number of nitrogens with two attached hydrogens (primary N) is 1. The van der Waals surface area contributed by atoms with E-state index in [9.17, 15) is 0 Å². The molecule has 0 amide bonds. The second-order valence-electron chi connectivity index (χ2n) is 8.08. The molecule has 2 N–H and O–H groups in total. The van der Waals surface area contributed by atoms with Crippen LogP contribution in [0.4, 0.5) is 5.69 Å². The van der Waals surface area contributed by atoms with E-state index in [1.54, 1.807) is 0 Å². The van der Waals surface area contributed by atoms with Crippen LogP contribution in [0.3, 0.4) is 0 Å². The van der Waals surface area contributed by atoms with E-state index in [2.05, 4.69) is 24.7 Å². The third-order valence-electron chi connectivity index (χ3n) is 6.62. The van der Waals surface area contributed by atoms with E-state index in [0.29, 0.717) is 11.5 Å². The summed E-state index contributed by atoms with van der Waals surface area (Å²) in [6.45, 7) is 4.49. The highest BCUT2D eigenvalue weighted by molar-refractivity contribution is 5.46. The zero-order valence-corrected chi connectivity index (χ0v) is 13.5. The molecule has 1 aromatic rings. The quantitative estimate of drug-likeness (QED) is 0.897. The molecule has 0 unspecified atom stereocenters. The number of anilines is 1. The highest BCUT2D eigenvalue weighted by atomic mass is 15.3. The summed E-state index contributed by atoms with van der Waals surface area (Å²) in [4.78, 5) is 0. The SMILES string of the molecule is CCC(CC)n1cc(N)c(C23CC4CC(CC(C4)C2)C3)n1. The molecule has 1 heterocycles. The summed E-state index contributed by atoms with van der Waals surface area (Å²) in [6.07, 6.45) is 12.9. The molecule has 4 saturated carbocycles. The molecule has 0 spiro atoms. The van der Waals surface area contributed by atoms with Crippen LogP contribution in [-0.2, 0) is 5.41 Å². The Bertz CT molecular complexity index is 491. The summed E-state index contributed by atoms with van der Waals surface area (Å²) in [7, 11) is 0. The van der Waals surface area contributed by atoms with Crippen LogP contribution < -0.4 is 5.73 Å². The third-order valence-corrected chi connectivity index (χ3v) is 6.62. The van der Waals surface area contributed by atoms with E-state index in [-0.39, 0.29) is 0 Å². The van der Waals surface area contributed by atoms with Gasteiger partial charge in [0.2, 0.25) is 0 Å². The molecular formula is C18H29N3. The van der Waals surface area contributed by atoms with Crippen LogP contribution >= 0.6 is 0 Å². The molecular weight excluding hydrogens is 258 g/mol. The van der Waals surface area contributed by atoms with Gasteiger partial charge in [-0.25, -0.2) is 0 Å².